The zero-order chi connectivity index (χ0) is 15.1. The average molecular weight is 385 g/mol. The fourth-order valence-electron chi connectivity index (χ4n) is 2.29. The van der Waals surface area contributed by atoms with Crippen LogP contribution in [0.1, 0.15) is 26.3 Å². The van der Waals surface area contributed by atoms with Crippen LogP contribution in [0.4, 0.5) is 5.69 Å². The van der Waals surface area contributed by atoms with Crippen LogP contribution >= 0.6 is 39.1 Å². The standard InChI is InChI=1S/C15H8BrCl2NO2/c16-7-8-3-1-2-4-13(8)19-14(20)9-5-11(17)12(18)6-10(9)15(19)21/h1-6H,7H2. The number of fused-ring (bicyclic) bond motifs is 1. The third kappa shape index (κ3) is 2.27. The Labute approximate surface area is 139 Å². The molecule has 0 bridgehead atoms. The number of para-hydroxylation sites is 1. The summed E-state index contributed by atoms with van der Waals surface area (Å²) in [5.41, 5.74) is 1.97. The Balaban J connectivity index is 2.16. The lowest BCUT2D eigenvalue weighted by Crippen LogP contribution is -2.30. The molecule has 0 aliphatic carbocycles. The van der Waals surface area contributed by atoms with Crippen LogP contribution < -0.4 is 4.90 Å². The van der Waals surface area contributed by atoms with Gasteiger partial charge in [0.05, 0.1) is 26.9 Å². The van der Waals surface area contributed by atoms with Crippen molar-refractivity contribution in [2.24, 2.45) is 0 Å². The Hall–Kier alpha value is -1.36. The number of carbonyl (C=O) groups excluding carboxylic acids is 2. The van der Waals surface area contributed by atoms with Gasteiger partial charge in [0.15, 0.2) is 0 Å². The Morgan fingerprint density at radius 3 is 2.00 bits per heavy atom. The molecule has 0 spiro atoms. The molecular formula is C15H8BrCl2NO2. The molecule has 2 aromatic rings. The molecule has 106 valence electrons. The second-order valence-corrected chi connectivity index (χ2v) is 5.90. The number of hydrogen-bond donors (Lipinski definition) is 0. The van der Waals surface area contributed by atoms with E-state index in [4.69, 9.17) is 23.2 Å². The predicted molar refractivity (Wildman–Crippen MR) is 86.7 cm³/mol. The number of rotatable bonds is 2. The van der Waals surface area contributed by atoms with Crippen molar-refractivity contribution in [2.45, 2.75) is 5.33 Å². The summed E-state index contributed by atoms with van der Waals surface area (Å²) in [5.74, 6) is -0.774. The fourth-order valence-corrected chi connectivity index (χ4v) is 3.10. The van der Waals surface area contributed by atoms with Crippen LogP contribution in [0.15, 0.2) is 36.4 Å². The summed E-state index contributed by atoms with van der Waals surface area (Å²) < 4.78 is 0. The molecule has 3 nitrogen and oxygen atoms in total. The topological polar surface area (TPSA) is 37.4 Å². The second-order valence-electron chi connectivity index (χ2n) is 4.52. The third-order valence-corrected chi connectivity index (χ3v) is 4.63. The van der Waals surface area contributed by atoms with E-state index in [1.165, 1.54) is 12.1 Å². The minimum absolute atomic E-state index is 0.257. The van der Waals surface area contributed by atoms with Crippen LogP contribution in [0.25, 0.3) is 0 Å². The van der Waals surface area contributed by atoms with Crippen molar-refractivity contribution in [1.82, 2.24) is 0 Å². The van der Waals surface area contributed by atoms with Gasteiger partial charge in [0.1, 0.15) is 0 Å². The van der Waals surface area contributed by atoms with Gasteiger partial charge in [-0.2, -0.15) is 0 Å². The van der Waals surface area contributed by atoms with E-state index >= 15 is 0 Å². The highest BCUT2D eigenvalue weighted by Crippen LogP contribution is 2.35. The highest BCUT2D eigenvalue weighted by molar-refractivity contribution is 9.08. The van der Waals surface area contributed by atoms with Crippen molar-refractivity contribution in [1.29, 1.82) is 0 Å². The number of imide groups is 1. The van der Waals surface area contributed by atoms with Crippen molar-refractivity contribution in [3.63, 3.8) is 0 Å². The Kier molecular flexibility index (Phi) is 3.78. The summed E-state index contributed by atoms with van der Waals surface area (Å²) in [4.78, 5) is 26.2. The minimum atomic E-state index is -0.387. The van der Waals surface area contributed by atoms with Crippen LogP contribution in [0.5, 0.6) is 0 Å². The lowest BCUT2D eigenvalue weighted by Gasteiger charge is -2.17. The molecule has 0 radical (unpaired) electrons. The van der Waals surface area contributed by atoms with Crippen LogP contribution in [0, 0.1) is 0 Å². The Morgan fingerprint density at radius 1 is 0.952 bits per heavy atom. The van der Waals surface area contributed by atoms with Crippen LogP contribution in [-0.4, -0.2) is 11.8 Å². The quantitative estimate of drug-likeness (QED) is 0.556. The molecule has 0 aromatic heterocycles. The molecule has 21 heavy (non-hydrogen) atoms. The monoisotopic (exact) mass is 383 g/mol. The summed E-state index contributed by atoms with van der Waals surface area (Å²) in [6, 6.07) is 10.1. The van der Waals surface area contributed by atoms with E-state index in [0.29, 0.717) is 11.0 Å². The molecule has 1 heterocycles. The van der Waals surface area contributed by atoms with E-state index in [-0.39, 0.29) is 33.0 Å². The fraction of sp³-hybridized carbons (Fsp3) is 0.0667. The Morgan fingerprint density at radius 2 is 1.48 bits per heavy atom. The van der Waals surface area contributed by atoms with E-state index in [1.807, 2.05) is 12.1 Å². The van der Waals surface area contributed by atoms with Gasteiger partial charge in [-0.25, -0.2) is 4.90 Å². The van der Waals surface area contributed by atoms with Gasteiger partial charge in [-0.3, -0.25) is 9.59 Å². The summed E-state index contributed by atoms with van der Waals surface area (Å²) in [6.45, 7) is 0. The molecule has 0 atom stereocenters. The number of nitrogens with zero attached hydrogens (tertiary/aromatic N) is 1. The number of amides is 2. The van der Waals surface area contributed by atoms with E-state index < -0.39 is 0 Å². The van der Waals surface area contributed by atoms with Crippen molar-refractivity contribution >= 4 is 56.6 Å². The lowest BCUT2D eigenvalue weighted by atomic mass is 10.1. The van der Waals surface area contributed by atoms with Crippen molar-refractivity contribution in [3.05, 3.63) is 63.1 Å². The number of alkyl halides is 1. The number of halogens is 3. The van der Waals surface area contributed by atoms with Gasteiger partial charge in [-0.05, 0) is 23.8 Å². The largest absolute Gasteiger partial charge is 0.268 e. The highest BCUT2D eigenvalue weighted by Gasteiger charge is 2.38. The summed E-state index contributed by atoms with van der Waals surface area (Å²) in [5, 5.41) is 1.05. The molecule has 1 aliphatic rings. The number of anilines is 1. The molecular weight excluding hydrogens is 377 g/mol. The van der Waals surface area contributed by atoms with Crippen molar-refractivity contribution in [3.8, 4) is 0 Å². The number of hydrogen-bond acceptors (Lipinski definition) is 2. The van der Waals surface area contributed by atoms with E-state index in [2.05, 4.69) is 15.9 Å². The molecule has 3 rings (SSSR count). The average Bonchev–Trinajstić information content (AvgIpc) is 2.71. The maximum Gasteiger partial charge on any atom is 0.266 e. The first kappa shape index (κ1) is 14.6. The maximum absolute atomic E-state index is 12.5. The van der Waals surface area contributed by atoms with Gasteiger partial charge in [0.2, 0.25) is 0 Å². The number of benzene rings is 2. The molecule has 0 saturated carbocycles. The zero-order valence-electron chi connectivity index (χ0n) is 10.6. The summed E-state index contributed by atoms with van der Waals surface area (Å²) >= 11 is 15.2. The molecule has 0 saturated heterocycles. The third-order valence-electron chi connectivity index (χ3n) is 3.30. The molecule has 2 aromatic carbocycles. The maximum atomic E-state index is 12.5. The van der Waals surface area contributed by atoms with E-state index in [1.54, 1.807) is 12.1 Å². The van der Waals surface area contributed by atoms with Crippen LogP contribution in [0.2, 0.25) is 10.0 Å². The predicted octanol–water partition coefficient (Wildman–Crippen LogP) is 4.69. The second kappa shape index (κ2) is 5.44. The highest BCUT2D eigenvalue weighted by atomic mass is 79.9. The molecule has 2 amide bonds. The van der Waals surface area contributed by atoms with E-state index in [9.17, 15) is 9.59 Å². The first-order valence-electron chi connectivity index (χ1n) is 6.06. The zero-order valence-corrected chi connectivity index (χ0v) is 13.7. The minimum Gasteiger partial charge on any atom is -0.268 e. The van der Waals surface area contributed by atoms with Crippen molar-refractivity contribution in [2.75, 3.05) is 4.90 Å². The first-order valence-corrected chi connectivity index (χ1v) is 7.94. The van der Waals surface area contributed by atoms with Gasteiger partial charge in [-0.15, -0.1) is 0 Å². The Bertz CT molecular complexity index is 735. The summed E-state index contributed by atoms with van der Waals surface area (Å²) in [7, 11) is 0. The van der Waals surface area contributed by atoms with Gasteiger partial charge in [-0.1, -0.05) is 57.3 Å². The SMILES string of the molecule is O=C1c2cc(Cl)c(Cl)cc2C(=O)N1c1ccccc1CBr. The lowest BCUT2D eigenvalue weighted by molar-refractivity contribution is 0.0926. The van der Waals surface area contributed by atoms with Gasteiger partial charge in [0, 0.05) is 5.33 Å². The molecule has 0 unspecified atom stereocenters. The summed E-state index contributed by atoms with van der Waals surface area (Å²) in [6.07, 6.45) is 0. The molecule has 6 heteroatoms. The van der Waals surface area contributed by atoms with Gasteiger partial charge in [0.25, 0.3) is 11.8 Å². The normalized spacial score (nSPS) is 13.8. The molecule has 1 aliphatic heterocycles. The van der Waals surface area contributed by atoms with E-state index in [0.717, 1.165) is 10.5 Å². The smallest absolute Gasteiger partial charge is 0.266 e. The van der Waals surface area contributed by atoms with Crippen LogP contribution in [-0.2, 0) is 5.33 Å². The first-order chi connectivity index (χ1) is 10.0. The molecule has 0 fully saturated rings. The molecule has 0 N–H and O–H groups in total. The van der Waals surface area contributed by atoms with Crippen molar-refractivity contribution < 1.29 is 9.59 Å². The van der Waals surface area contributed by atoms with Gasteiger partial charge >= 0.3 is 0 Å². The number of carbonyl (C=O) groups is 2. The van der Waals surface area contributed by atoms with Crippen LogP contribution in [0.3, 0.4) is 0 Å². The van der Waals surface area contributed by atoms with Gasteiger partial charge < -0.3 is 0 Å².